The minimum Gasteiger partial charge on any atom is -0.451 e. The lowest BCUT2D eigenvalue weighted by atomic mass is 9.33. The molecule has 4 heterocycles. The molecule has 0 atom stereocenters. The molecule has 98 heavy (non-hydrogen) atoms. The molecule has 0 amide bonds. The molecule has 12 heteroatoms. The van der Waals surface area contributed by atoms with E-state index in [0.29, 0.717) is 16.9 Å². The highest BCUT2D eigenvalue weighted by Crippen LogP contribution is 2.62. The van der Waals surface area contributed by atoms with Crippen LogP contribution in [0.2, 0.25) is 0 Å². The fourth-order valence-corrected chi connectivity index (χ4v) is 14.8. The number of ether oxygens (including phenoxy) is 2. The number of halogens is 1. The molecule has 462 valence electrons. The van der Waals surface area contributed by atoms with Gasteiger partial charge in [0.15, 0.2) is 23.0 Å². The third-order valence-electron chi connectivity index (χ3n) is 18.3. The van der Waals surface area contributed by atoms with Crippen LogP contribution < -0.4 is 55.3 Å². The second-order valence-electron chi connectivity index (χ2n) is 23.9. The Hall–Kier alpha value is -13.0. The summed E-state index contributed by atoms with van der Waals surface area (Å²) in [6.45, 7) is -0.0215. The summed E-state index contributed by atoms with van der Waals surface area (Å²) in [5.41, 5.74) is 22.7. The Morgan fingerprint density at radius 3 is 1.12 bits per heavy atom. The Bertz CT molecular complexity index is 5250. The number of hydrogen-bond donors (Lipinski definition) is 0. The summed E-state index contributed by atoms with van der Waals surface area (Å²) in [6.07, 6.45) is 0. The number of rotatable bonds is 10. The summed E-state index contributed by atoms with van der Waals surface area (Å²) < 4.78 is 14.9. The van der Waals surface area contributed by atoms with E-state index in [1.54, 1.807) is 0 Å². The molecule has 0 aliphatic carbocycles. The van der Waals surface area contributed by atoms with E-state index in [4.69, 9.17) is 9.47 Å². The van der Waals surface area contributed by atoms with E-state index in [1.165, 1.54) is 16.4 Å². The normalized spacial score (nSPS) is 12.4. The van der Waals surface area contributed by atoms with Gasteiger partial charge in [0, 0.05) is 62.6 Å². The van der Waals surface area contributed by atoms with Crippen molar-refractivity contribution in [2.45, 2.75) is 0 Å². The number of nitriles is 2. The number of fused-ring (bicyclic) bond motifs is 9. The summed E-state index contributed by atoms with van der Waals surface area (Å²) in [5, 5.41) is 19.2. The molecule has 14 aromatic carbocycles. The minimum absolute atomic E-state index is 0.0215. The molecule has 0 fully saturated rings. The van der Waals surface area contributed by atoms with Crippen LogP contribution in [0.4, 0.5) is 102 Å². The third-order valence-corrected chi connectivity index (χ3v) is 19.1. The van der Waals surface area contributed by atoms with Gasteiger partial charge in [0.1, 0.15) is 5.69 Å². The standard InChI is InChI=1S/C43H27BN4O.C43H29BrN4O/c45-28-29-23-25-32(26-24-29)47-37-21-11-12-22-40(37)49-43-39(47)27-38-41-42(43)48(31-15-5-2-6-16-31)36-20-10-8-18-34(36)44(41)33-17-7-9-19-35(33)46(38)30-13-3-1-4-14-30;44-41-38(46(32-15-5-1-6-16-32)33-17-7-2-8-18-33)29-39-43(42(41)47(34-19-9-3-10-20-34)35-21-11-4-12-22-35)49-40-24-14-13-23-37(40)48(39)36-27-25-31(30-45)26-28-36/h1-27H;1-29H. The van der Waals surface area contributed by atoms with Gasteiger partial charge in [0.05, 0.1) is 61.9 Å². The van der Waals surface area contributed by atoms with Crippen LogP contribution in [-0.4, -0.2) is 6.71 Å². The summed E-state index contributed by atoms with van der Waals surface area (Å²) >= 11 is 4.17. The zero-order valence-corrected chi connectivity index (χ0v) is 54.3. The van der Waals surface area contributed by atoms with E-state index in [0.717, 1.165) is 124 Å². The molecule has 0 saturated heterocycles. The lowest BCUT2D eigenvalue weighted by molar-refractivity contribution is 0.477. The van der Waals surface area contributed by atoms with Crippen molar-refractivity contribution in [3.8, 4) is 35.1 Å². The van der Waals surface area contributed by atoms with E-state index in [-0.39, 0.29) is 6.71 Å². The highest BCUT2D eigenvalue weighted by Gasteiger charge is 2.47. The first-order chi connectivity index (χ1) is 48.5. The molecule has 0 radical (unpaired) electrons. The van der Waals surface area contributed by atoms with Gasteiger partial charge < -0.3 is 38.9 Å². The topological polar surface area (TPSA) is 85.5 Å². The smallest absolute Gasteiger partial charge is 0.252 e. The van der Waals surface area contributed by atoms with E-state index in [9.17, 15) is 10.5 Å². The van der Waals surface area contributed by atoms with Gasteiger partial charge in [-0.1, -0.05) is 170 Å². The number of nitrogens with zero attached hydrogens (tertiary/aromatic N) is 8. The Morgan fingerprint density at radius 1 is 0.316 bits per heavy atom. The second-order valence-corrected chi connectivity index (χ2v) is 24.7. The Labute approximate surface area is 577 Å². The molecule has 0 aromatic heterocycles. The van der Waals surface area contributed by atoms with Crippen LogP contribution in [0.5, 0.6) is 23.0 Å². The molecule has 4 aliphatic rings. The van der Waals surface area contributed by atoms with Gasteiger partial charge in [-0.3, -0.25) is 0 Å². The van der Waals surface area contributed by atoms with Crippen molar-refractivity contribution in [1.82, 2.24) is 0 Å². The molecule has 0 unspecified atom stereocenters. The predicted molar refractivity (Wildman–Crippen MR) is 403 cm³/mol. The van der Waals surface area contributed by atoms with Crippen molar-refractivity contribution >= 4 is 141 Å². The minimum atomic E-state index is -0.0215. The van der Waals surface area contributed by atoms with Gasteiger partial charge in [-0.2, -0.15) is 10.5 Å². The van der Waals surface area contributed by atoms with E-state index in [1.807, 2.05) is 109 Å². The van der Waals surface area contributed by atoms with Crippen LogP contribution >= 0.6 is 15.9 Å². The Balaban J connectivity index is 0.000000147. The first-order valence-electron chi connectivity index (χ1n) is 32.4. The highest BCUT2D eigenvalue weighted by molar-refractivity contribution is 9.10. The first-order valence-corrected chi connectivity index (χ1v) is 33.2. The van der Waals surface area contributed by atoms with E-state index >= 15 is 0 Å². The van der Waals surface area contributed by atoms with Gasteiger partial charge in [-0.05, 0) is 202 Å². The monoisotopic (exact) mass is 1320 g/mol. The van der Waals surface area contributed by atoms with Gasteiger partial charge in [-0.15, -0.1) is 0 Å². The van der Waals surface area contributed by atoms with Gasteiger partial charge >= 0.3 is 0 Å². The van der Waals surface area contributed by atoms with Gasteiger partial charge in [0.2, 0.25) is 0 Å². The molecule has 4 aliphatic heterocycles. The zero-order valence-electron chi connectivity index (χ0n) is 52.7. The number of benzene rings is 14. The van der Waals surface area contributed by atoms with E-state index in [2.05, 4.69) is 288 Å². The third kappa shape index (κ3) is 10.1. The first kappa shape index (κ1) is 58.8. The number of hydrogen-bond acceptors (Lipinski definition) is 10. The summed E-state index contributed by atoms with van der Waals surface area (Å²) in [4.78, 5) is 13.8. The van der Waals surface area contributed by atoms with E-state index < -0.39 is 0 Å². The zero-order chi connectivity index (χ0) is 65.6. The Kier molecular flexibility index (Phi) is 15.0. The van der Waals surface area contributed by atoms with Crippen LogP contribution in [-0.2, 0) is 0 Å². The van der Waals surface area contributed by atoms with Gasteiger partial charge in [0.25, 0.3) is 6.71 Å². The molecule has 14 aromatic rings. The molecule has 0 N–H and O–H groups in total. The molecule has 18 rings (SSSR count). The molecule has 0 spiro atoms. The quantitative estimate of drug-likeness (QED) is 0.123. The van der Waals surface area contributed by atoms with Crippen molar-refractivity contribution in [3.05, 3.63) is 355 Å². The maximum absolute atomic E-state index is 9.63. The maximum Gasteiger partial charge on any atom is 0.252 e. The molecule has 0 bridgehead atoms. The highest BCUT2D eigenvalue weighted by atomic mass is 79.9. The molecular formula is C86H56BBrN8O2. The predicted octanol–water partition coefficient (Wildman–Crippen LogP) is 22.1. The SMILES string of the molecule is N#Cc1ccc(N2c3ccccc3Oc3c2cc(N(c2ccccc2)c2ccccc2)c(Br)c3N(c2ccccc2)c2ccccc2)cc1.N#Cc1ccc(N2c3ccccc3Oc3c2cc2c4c3N(c3ccccc3)c3ccccc3B4c3ccccc3N2c2ccccc2)cc1. The average Bonchev–Trinajstić information content (AvgIpc) is 0.689. The average molecular weight is 1320 g/mol. The van der Waals surface area contributed by atoms with Crippen molar-refractivity contribution < 1.29 is 9.47 Å². The van der Waals surface area contributed by atoms with Crippen molar-refractivity contribution in [2.24, 2.45) is 0 Å². The van der Waals surface area contributed by atoms with Crippen LogP contribution in [0.25, 0.3) is 0 Å². The maximum atomic E-state index is 9.63. The summed E-state index contributed by atoms with van der Waals surface area (Å²) in [7, 11) is 0. The lowest BCUT2D eigenvalue weighted by Crippen LogP contribution is -2.61. The fraction of sp³-hybridized carbons (Fsp3) is 0. The summed E-state index contributed by atoms with van der Waals surface area (Å²) in [6, 6.07) is 121. The van der Waals surface area contributed by atoms with Crippen LogP contribution in [0.15, 0.2) is 344 Å². The molecule has 10 nitrogen and oxygen atoms in total. The van der Waals surface area contributed by atoms with Crippen LogP contribution in [0.3, 0.4) is 0 Å². The molecular weight excluding hydrogens is 1270 g/mol. The number of para-hydroxylation sites is 12. The van der Waals surface area contributed by atoms with Crippen LogP contribution in [0, 0.1) is 22.7 Å². The lowest BCUT2D eigenvalue weighted by Gasteiger charge is -2.46. The van der Waals surface area contributed by atoms with Crippen molar-refractivity contribution in [2.75, 3.05) is 29.4 Å². The summed E-state index contributed by atoms with van der Waals surface area (Å²) in [5.74, 6) is 2.98. The largest absolute Gasteiger partial charge is 0.451 e. The fourth-order valence-electron chi connectivity index (χ4n) is 14.1. The number of anilines is 18. The second kappa shape index (κ2) is 25.0. The Morgan fingerprint density at radius 2 is 0.663 bits per heavy atom. The molecule has 0 saturated carbocycles. The van der Waals surface area contributed by atoms with Gasteiger partial charge in [-0.25, -0.2) is 0 Å². The van der Waals surface area contributed by atoms with Crippen molar-refractivity contribution in [3.63, 3.8) is 0 Å². The van der Waals surface area contributed by atoms with Crippen LogP contribution in [0.1, 0.15) is 11.1 Å². The van der Waals surface area contributed by atoms with Crippen molar-refractivity contribution in [1.29, 1.82) is 10.5 Å².